The zero-order valence-corrected chi connectivity index (χ0v) is 15.1. The number of hydrogen-bond donors (Lipinski definition) is 3. The summed E-state index contributed by atoms with van der Waals surface area (Å²) >= 11 is 0. The normalized spacial score (nSPS) is 36.8. The third kappa shape index (κ3) is 2.74. The van der Waals surface area contributed by atoms with E-state index in [0.29, 0.717) is 5.92 Å². The second kappa shape index (κ2) is 5.54. The van der Waals surface area contributed by atoms with Crippen molar-refractivity contribution in [2.45, 2.75) is 18.7 Å². The number of quaternary nitrogens is 2. The van der Waals surface area contributed by atoms with E-state index in [-0.39, 0.29) is 10.3 Å². The minimum Gasteiger partial charge on any atom is -0.329 e. The van der Waals surface area contributed by atoms with Crippen molar-refractivity contribution in [3.8, 4) is 0 Å². The Morgan fingerprint density at radius 2 is 1.71 bits per heavy atom. The highest BCUT2D eigenvalue weighted by molar-refractivity contribution is 7.89. The molecule has 1 aromatic carbocycles. The van der Waals surface area contributed by atoms with Gasteiger partial charge >= 0.3 is 0 Å². The van der Waals surface area contributed by atoms with Gasteiger partial charge in [-0.2, -0.15) is 13.5 Å². The third-order valence-electron chi connectivity index (χ3n) is 5.81. The highest BCUT2D eigenvalue weighted by Gasteiger charge is 2.55. The lowest BCUT2D eigenvalue weighted by atomic mass is 9.72. The van der Waals surface area contributed by atoms with Crippen molar-refractivity contribution in [2.75, 3.05) is 39.3 Å². The summed E-state index contributed by atoms with van der Waals surface area (Å²) in [6.45, 7) is 11.0. The van der Waals surface area contributed by atoms with Crippen LogP contribution in [0.2, 0.25) is 0 Å². The minimum atomic E-state index is -3.60. The SMILES string of the molecule is Cc1ccc(S(=O)(=O)N/N=C2/C3C[NH+]4CC[NH+](C3)CC2(C)C4)cc1. The van der Waals surface area contributed by atoms with E-state index in [2.05, 4.69) is 16.9 Å². The van der Waals surface area contributed by atoms with Gasteiger partial charge in [0.1, 0.15) is 18.5 Å². The van der Waals surface area contributed by atoms with Crippen molar-refractivity contribution in [2.24, 2.45) is 16.4 Å². The third-order valence-corrected chi connectivity index (χ3v) is 7.03. The average molecular weight is 350 g/mol. The van der Waals surface area contributed by atoms with Gasteiger partial charge in [0.2, 0.25) is 0 Å². The van der Waals surface area contributed by atoms with Crippen LogP contribution in [-0.2, 0) is 10.0 Å². The van der Waals surface area contributed by atoms with Crippen LogP contribution in [0.3, 0.4) is 0 Å². The second-order valence-electron chi connectivity index (χ2n) is 7.92. The number of hydrogen-bond acceptors (Lipinski definition) is 3. The lowest BCUT2D eigenvalue weighted by molar-refractivity contribution is -0.918. The zero-order valence-electron chi connectivity index (χ0n) is 14.3. The molecule has 4 aliphatic rings. The van der Waals surface area contributed by atoms with Crippen molar-refractivity contribution in [3.63, 3.8) is 0 Å². The predicted molar refractivity (Wildman–Crippen MR) is 91.7 cm³/mol. The maximum absolute atomic E-state index is 12.5. The molecule has 1 aromatic rings. The summed E-state index contributed by atoms with van der Waals surface area (Å²) in [5, 5.41) is 4.46. The van der Waals surface area contributed by atoms with Gasteiger partial charge in [-0.05, 0) is 26.0 Å². The molecular weight excluding hydrogens is 324 g/mol. The van der Waals surface area contributed by atoms with E-state index in [1.807, 2.05) is 19.1 Å². The molecule has 0 aliphatic carbocycles. The van der Waals surface area contributed by atoms with Gasteiger partial charge in [-0.1, -0.05) is 17.7 Å². The molecule has 0 spiro atoms. The Bertz CT molecular complexity index is 756. The molecule has 4 saturated heterocycles. The van der Waals surface area contributed by atoms with Gasteiger partial charge in [-0.15, -0.1) is 0 Å². The standard InChI is InChI=1S/C17H24N4O2S/c1-13-3-5-15(6-4-13)24(22,23)19-18-16-14-9-20-7-8-21(10-14)12-17(16,2)11-20/h3-6,14,19H,7-12H2,1-2H3/p+2/b18-16-. The molecule has 0 aromatic heterocycles. The second-order valence-corrected chi connectivity index (χ2v) is 9.59. The van der Waals surface area contributed by atoms with Gasteiger partial charge in [0, 0.05) is 0 Å². The molecule has 0 saturated carbocycles. The fraction of sp³-hybridized carbons (Fsp3) is 0.588. The highest BCUT2D eigenvalue weighted by Crippen LogP contribution is 2.26. The summed E-state index contributed by atoms with van der Waals surface area (Å²) in [5.41, 5.74) is 2.12. The molecule has 2 unspecified atom stereocenters. The summed E-state index contributed by atoms with van der Waals surface area (Å²) < 4.78 is 25.0. The summed E-state index contributed by atoms with van der Waals surface area (Å²) in [4.78, 5) is 6.08. The maximum Gasteiger partial charge on any atom is 0.276 e. The molecule has 5 rings (SSSR count). The van der Waals surface area contributed by atoms with Crippen molar-refractivity contribution in [1.29, 1.82) is 0 Å². The largest absolute Gasteiger partial charge is 0.329 e. The lowest BCUT2D eigenvalue weighted by Gasteiger charge is -2.43. The molecular formula is C17H26N4O2S+2. The first-order valence-electron chi connectivity index (χ1n) is 8.69. The molecule has 2 atom stereocenters. The number of fused-ring (bicyclic) bond motifs is 1. The van der Waals surface area contributed by atoms with Crippen LogP contribution in [0.5, 0.6) is 0 Å². The number of piperidine rings is 2. The number of hydrazone groups is 1. The van der Waals surface area contributed by atoms with E-state index in [4.69, 9.17) is 0 Å². The average Bonchev–Trinajstić information content (AvgIpc) is 2.74. The van der Waals surface area contributed by atoms with E-state index >= 15 is 0 Å². The Morgan fingerprint density at radius 3 is 2.25 bits per heavy atom. The molecule has 7 heteroatoms. The number of sulfonamides is 1. The van der Waals surface area contributed by atoms with Gasteiger partial charge in [0.05, 0.1) is 42.7 Å². The zero-order chi connectivity index (χ0) is 16.9. The number of rotatable bonds is 3. The van der Waals surface area contributed by atoms with E-state index in [1.54, 1.807) is 21.9 Å². The van der Waals surface area contributed by atoms with E-state index < -0.39 is 10.0 Å². The Hall–Kier alpha value is -1.44. The van der Waals surface area contributed by atoms with Crippen molar-refractivity contribution >= 4 is 15.7 Å². The topological polar surface area (TPSA) is 67.4 Å². The number of aryl methyl sites for hydroxylation is 1. The summed E-state index contributed by atoms with van der Waals surface area (Å²) in [6, 6.07) is 6.88. The Morgan fingerprint density at radius 1 is 1.12 bits per heavy atom. The smallest absolute Gasteiger partial charge is 0.276 e. The monoisotopic (exact) mass is 350 g/mol. The summed E-state index contributed by atoms with van der Waals surface area (Å²) in [7, 11) is -3.60. The molecule has 0 radical (unpaired) electrons. The molecule has 4 bridgehead atoms. The first-order chi connectivity index (χ1) is 11.4. The van der Waals surface area contributed by atoms with Crippen molar-refractivity contribution < 1.29 is 18.2 Å². The predicted octanol–water partition coefficient (Wildman–Crippen LogP) is -1.94. The molecule has 0 amide bonds. The van der Waals surface area contributed by atoms with Gasteiger partial charge < -0.3 is 9.80 Å². The molecule has 4 heterocycles. The van der Waals surface area contributed by atoms with Crippen LogP contribution in [-0.4, -0.2) is 53.4 Å². The molecule has 6 nitrogen and oxygen atoms in total. The van der Waals surface area contributed by atoms with Crippen molar-refractivity contribution in [3.05, 3.63) is 29.8 Å². The van der Waals surface area contributed by atoms with Gasteiger partial charge in [0.25, 0.3) is 10.0 Å². The fourth-order valence-corrected chi connectivity index (χ4v) is 5.61. The van der Waals surface area contributed by atoms with E-state index in [1.165, 1.54) is 13.1 Å². The first-order valence-corrected chi connectivity index (χ1v) is 10.2. The summed E-state index contributed by atoms with van der Waals surface area (Å²) in [5.74, 6) is 0.394. The number of nitrogens with one attached hydrogen (secondary N) is 3. The lowest BCUT2D eigenvalue weighted by Crippen LogP contribution is -3.16. The van der Waals surface area contributed by atoms with Crippen LogP contribution in [0, 0.1) is 18.3 Å². The molecule has 130 valence electrons. The molecule has 3 N–H and O–H groups in total. The minimum absolute atomic E-state index is 0.0120. The van der Waals surface area contributed by atoms with E-state index in [9.17, 15) is 8.42 Å². The van der Waals surface area contributed by atoms with Crippen LogP contribution in [0.25, 0.3) is 0 Å². The Kier molecular flexibility index (Phi) is 3.71. The number of nitrogens with zero attached hydrogens (tertiary/aromatic N) is 1. The Labute approximate surface area is 143 Å². The summed E-state index contributed by atoms with van der Waals surface area (Å²) in [6.07, 6.45) is 0. The van der Waals surface area contributed by atoms with Crippen LogP contribution < -0.4 is 14.6 Å². The fourth-order valence-electron chi connectivity index (χ4n) is 4.79. The van der Waals surface area contributed by atoms with Crippen molar-refractivity contribution in [1.82, 2.24) is 4.83 Å². The first kappa shape index (κ1) is 16.1. The van der Waals surface area contributed by atoms with Crippen LogP contribution in [0.15, 0.2) is 34.3 Å². The molecule has 4 fully saturated rings. The number of benzene rings is 1. The van der Waals surface area contributed by atoms with Crippen LogP contribution in [0.4, 0.5) is 0 Å². The molecule has 4 aliphatic heterocycles. The quantitative estimate of drug-likeness (QED) is 0.556. The van der Waals surface area contributed by atoms with Gasteiger partial charge in [-0.3, -0.25) is 0 Å². The Balaban J connectivity index is 1.61. The van der Waals surface area contributed by atoms with Gasteiger partial charge in [-0.25, -0.2) is 4.83 Å². The highest BCUT2D eigenvalue weighted by atomic mass is 32.2. The molecule has 24 heavy (non-hydrogen) atoms. The van der Waals surface area contributed by atoms with Crippen LogP contribution in [0.1, 0.15) is 12.5 Å². The van der Waals surface area contributed by atoms with Crippen LogP contribution >= 0.6 is 0 Å². The maximum atomic E-state index is 12.5. The van der Waals surface area contributed by atoms with Gasteiger partial charge in [0.15, 0.2) is 0 Å². The van der Waals surface area contributed by atoms with E-state index in [0.717, 1.165) is 37.5 Å².